The van der Waals surface area contributed by atoms with E-state index in [4.69, 9.17) is 16.3 Å². The molecule has 3 aromatic rings. The van der Waals surface area contributed by atoms with E-state index < -0.39 is 35.0 Å². The van der Waals surface area contributed by atoms with Gasteiger partial charge in [-0.25, -0.2) is 0 Å². The number of aliphatic hydroxyl groups excluding tert-OH is 2. The number of fused-ring (bicyclic) bond motifs is 1. The maximum Gasteiger partial charge on any atom is 0.416 e. The molecule has 1 aromatic heterocycles. The van der Waals surface area contributed by atoms with Crippen LogP contribution in [0.2, 0.25) is 5.02 Å². The molecule has 0 spiro atoms. The van der Waals surface area contributed by atoms with Gasteiger partial charge in [-0.15, -0.1) is 0 Å². The molecule has 2 heterocycles. The molecule has 1 aliphatic heterocycles. The Morgan fingerprint density at radius 3 is 2.26 bits per heavy atom. The van der Waals surface area contributed by atoms with Crippen molar-refractivity contribution in [2.75, 3.05) is 33.4 Å². The Morgan fingerprint density at radius 2 is 1.69 bits per heavy atom. The SMILES string of the molecule is COc1ccc2ncc(Cl)c(C(O)CCC3(CO)CCN(CC#Cc4cc(C(F)(F)F)cc(C(F)(F)F)c4)CC3)c2c1. The van der Waals surface area contributed by atoms with Gasteiger partial charge in [-0.1, -0.05) is 23.4 Å². The summed E-state index contributed by atoms with van der Waals surface area (Å²) in [6.45, 7) is 1.06. The summed E-state index contributed by atoms with van der Waals surface area (Å²) in [7, 11) is 1.53. The van der Waals surface area contributed by atoms with E-state index in [-0.39, 0.29) is 24.8 Å². The number of benzene rings is 2. The smallest absolute Gasteiger partial charge is 0.416 e. The van der Waals surface area contributed by atoms with Crippen molar-refractivity contribution in [2.45, 2.75) is 44.1 Å². The van der Waals surface area contributed by atoms with Crippen molar-refractivity contribution in [1.82, 2.24) is 9.88 Å². The Labute approximate surface area is 244 Å². The predicted molar refractivity (Wildman–Crippen MR) is 146 cm³/mol. The Morgan fingerprint density at radius 1 is 1.05 bits per heavy atom. The Bertz CT molecular complexity index is 1440. The number of nitrogens with zero attached hydrogens (tertiary/aromatic N) is 2. The molecule has 2 aromatic carbocycles. The van der Waals surface area contributed by atoms with Gasteiger partial charge in [0.1, 0.15) is 5.75 Å². The van der Waals surface area contributed by atoms with Crippen LogP contribution in [0.1, 0.15) is 54.0 Å². The lowest BCUT2D eigenvalue weighted by Gasteiger charge is -2.40. The van der Waals surface area contributed by atoms with Gasteiger partial charge in [-0.05, 0) is 80.6 Å². The summed E-state index contributed by atoms with van der Waals surface area (Å²) < 4.78 is 84.0. The minimum absolute atomic E-state index is 0.0726. The molecule has 1 aliphatic rings. The molecule has 1 saturated heterocycles. The topological polar surface area (TPSA) is 65.8 Å². The summed E-state index contributed by atoms with van der Waals surface area (Å²) in [6.07, 6.45) is -7.35. The first-order valence-corrected chi connectivity index (χ1v) is 13.5. The molecule has 12 heteroatoms. The third-order valence-electron chi connectivity index (χ3n) is 7.72. The van der Waals surface area contributed by atoms with Gasteiger partial charge < -0.3 is 14.9 Å². The van der Waals surface area contributed by atoms with Crippen LogP contribution in [0.25, 0.3) is 10.9 Å². The molecule has 0 radical (unpaired) electrons. The van der Waals surface area contributed by atoms with Crippen LogP contribution in [0.3, 0.4) is 0 Å². The highest BCUT2D eigenvalue weighted by atomic mass is 35.5. The zero-order valence-electron chi connectivity index (χ0n) is 22.6. The van der Waals surface area contributed by atoms with Crippen LogP contribution < -0.4 is 4.74 Å². The summed E-state index contributed by atoms with van der Waals surface area (Å²) in [5.41, 5.74) is -2.47. The normalized spacial score (nSPS) is 16.6. The van der Waals surface area contributed by atoms with Gasteiger partial charge in [-0.3, -0.25) is 9.88 Å². The molecule has 1 unspecified atom stereocenters. The predicted octanol–water partition coefficient (Wildman–Crippen LogP) is 6.87. The molecule has 0 saturated carbocycles. The zero-order chi connectivity index (χ0) is 30.7. The molecule has 0 aliphatic carbocycles. The minimum atomic E-state index is -4.94. The van der Waals surface area contributed by atoms with Gasteiger partial charge in [0.25, 0.3) is 0 Å². The van der Waals surface area contributed by atoms with Crippen LogP contribution in [-0.4, -0.2) is 53.4 Å². The first-order chi connectivity index (χ1) is 19.7. The third kappa shape index (κ3) is 7.48. The van der Waals surface area contributed by atoms with Crippen LogP contribution in [0, 0.1) is 17.3 Å². The van der Waals surface area contributed by atoms with Crippen molar-refractivity contribution in [3.05, 3.63) is 69.9 Å². The Balaban J connectivity index is 1.40. The van der Waals surface area contributed by atoms with Crippen molar-refractivity contribution < 1.29 is 41.3 Å². The molecule has 226 valence electrons. The summed E-state index contributed by atoms with van der Waals surface area (Å²) in [6, 6.07) is 6.58. The van der Waals surface area contributed by atoms with Gasteiger partial charge in [0, 0.05) is 29.3 Å². The summed E-state index contributed by atoms with van der Waals surface area (Å²) in [5.74, 6) is 5.72. The molecule has 0 amide bonds. The molecule has 0 bridgehead atoms. The number of ether oxygens (including phenoxy) is 1. The van der Waals surface area contributed by atoms with Crippen LogP contribution in [0.4, 0.5) is 26.3 Å². The minimum Gasteiger partial charge on any atom is -0.497 e. The molecular weight excluding hydrogens is 586 g/mol. The summed E-state index contributed by atoms with van der Waals surface area (Å²) >= 11 is 6.41. The van der Waals surface area contributed by atoms with Crippen molar-refractivity contribution in [2.24, 2.45) is 5.41 Å². The highest BCUT2D eigenvalue weighted by Gasteiger charge is 2.37. The average molecular weight is 615 g/mol. The van der Waals surface area contributed by atoms with E-state index in [2.05, 4.69) is 16.8 Å². The Hall–Kier alpha value is -3.04. The standard InChI is InChI=1S/C30H29ClF6N2O3/c1-42-22-4-5-25-23(16-22)27(24(31)17-38-25)26(41)6-7-28(18-40)8-11-39(12-9-28)10-2-3-19-13-20(29(32,33)34)15-21(14-19)30(35,36)37/h4-5,13-17,26,40-41H,6-12,18H2,1H3. The number of aliphatic hydroxyl groups is 2. The van der Waals surface area contributed by atoms with E-state index in [9.17, 15) is 36.6 Å². The van der Waals surface area contributed by atoms with E-state index in [1.165, 1.54) is 13.3 Å². The molecule has 1 atom stereocenters. The largest absolute Gasteiger partial charge is 0.497 e. The van der Waals surface area contributed by atoms with Crippen LogP contribution >= 0.6 is 11.6 Å². The highest BCUT2D eigenvalue weighted by Crippen LogP contribution is 2.41. The molecule has 4 rings (SSSR count). The quantitative estimate of drug-likeness (QED) is 0.225. The molecule has 5 nitrogen and oxygen atoms in total. The molecule has 42 heavy (non-hydrogen) atoms. The van der Waals surface area contributed by atoms with E-state index in [0.717, 1.165) is 0 Å². The number of rotatable bonds is 7. The summed E-state index contributed by atoms with van der Waals surface area (Å²) in [5, 5.41) is 22.4. The molecule has 1 fully saturated rings. The third-order valence-corrected chi connectivity index (χ3v) is 8.03. The van der Waals surface area contributed by atoms with Gasteiger partial charge in [0.2, 0.25) is 0 Å². The van der Waals surface area contributed by atoms with Gasteiger partial charge in [0.15, 0.2) is 0 Å². The van der Waals surface area contributed by atoms with E-state index in [0.29, 0.717) is 78.1 Å². The fourth-order valence-corrected chi connectivity index (χ4v) is 5.45. The van der Waals surface area contributed by atoms with Gasteiger partial charge in [0.05, 0.1) is 41.4 Å². The van der Waals surface area contributed by atoms with Crippen LogP contribution in [-0.2, 0) is 12.4 Å². The van der Waals surface area contributed by atoms with E-state index >= 15 is 0 Å². The fraction of sp³-hybridized carbons (Fsp3) is 0.433. The monoisotopic (exact) mass is 614 g/mol. The second-order valence-electron chi connectivity index (χ2n) is 10.5. The molecular formula is C30H29ClF6N2O3. The van der Waals surface area contributed by atoms with Crippen molar-refractivity contribution >= 4 is 22.5 Å². The second kappa shape index (κ2) is 12.7. The number of aromatic nitrogens is 1. The zero-order valence-corrected chi connectivity index (χ0v) is 23.4. The Kier molecular flexibility index (Phi) is 9.62. The first kappa shape index (κ1) is 31.9. The maximum atomic E-state index is 13.1. The highest BCUT2D eigenvalue weighted by molar-refractivity contribution is 6.32. The maximum absolute atomic E-state index is 13.1. The average Bonchev–Trinajstić information content (AvgIpc) is 2.95. The second-order valence-corrected chi connectivity index (χ2v) is 10.9. The van der Waals surface area contributed by atoms with E-state index in [1.807, 2.05) is 4.90 Å². The lowest BCUT2D eigenvalue weighted by Crippen LogP contribution is -2.42. The van der Waals surface area contributed by atoms with Crippen molar-refractivity contribution in [3.8, 4) is 17.6 Å². The lowest BCUT2D eigenvalue weighted by molar-refractivity contribution is -0.143. The number of piperidine rings is 1. The number of likely N-dealkylation sites (tertiary alicyclic amines) is 1. The number of methoxy groups -OCH3 is 1. The lowest BCUT2D eigenvalue weighted by atomic mass is 9.74. The summed E-state index contributed by atoms with van der Waals surface area (Å²) in [4.78, 5) is 6.23. The molecule has 2 N–H and O–H groups in total. The van der Waals surface area contributed by atoms with E-state index in [1.54, 1.807) is 18.2 Å². The van der Waals surface area contributed by atoms with Crippen LogP contribution in [0.15, 0.2) is 42.6 Å². The number of alkyl halides is 6. The number of hydrogen-bond acceptors (Lipinski definition) is 5. The van der Waals surface area contributed by atoms with Crippen molar-refractivity contribution in [1.29, 1.82) is 0 Å². The first-order valence-electron chi connectivity index (χ1n) is 13.2. The van der Waals surface area contributed by atoms with Crippen LogP contribution in [0.5, 0.6) is 5.75 Å². The van der Waals surface area contributed by atoms with Gasteiger partial charge in [-0.2, -0.15) is 26.3 Å². The number of halogens is 7. The van der Waals surface area contributed by atoms with Crippen molar-refractivity contribution in [3.63, 3.8) is 0 Å². The fourth-order valence-electron chi connectivity index (χ4n) is 5.17. The number of hydrogen-bond donors (Lipinski definition) is 2. The number of pyridine rings is 1. The van der Waals surface area contributed by atoms with Gasteiger partial charge >= 0.3 is 12.4 Å².